The first kappa shape index (κ1) is 19.0. The van der Waals surface area contributed by atoms with Crippen LogP contribution in [0, 0.1) is 11.8 Å². The second-order valence-electron chi connectivity index (χ2n) is 7.87. The molecule has 2 fully saturated rings. The van der Waals surface area contributed by atoms with Crippen LogP contribution in [0.25, 0.3) is 0 Å². The average Bonchev–Trinajstić information content (AvgIpc) is 2.79. The molecule has 0 bridgehead atoms. The van der Waals surface area contributed by atoms with Gasteiger partial charge in [0, 0.05) is 25.6 Å². The van der Waals surface area contributed by atoms with Crippen molar-refractivity contribution in [3.8, 4) is 5.75 Å². The van der Waals surface area contributed by atoms with Crippen LogP contribution in [0.1, 0.15) is 37.4 Å². The second-order valence-corrected chi connectivity index (χ2v) is 7.87. The van der Waals surface area contributed by atoms with Gasteiger partial charge in [0.25, 0.3) is 0 Å². The SMILES string of the molecule is O=C(C1CCCOC1c1ccccc1)N1CCCC(COc2ccccc2)C1. The van der Waals surface area contributed by atoms with Gasteiger partial charge in [0.05, 0.1) is 18.6 Å². The number of benzene rings is 2. The molecule has 4 nitrogen and oxygen atoms in total. The number of nitrogens with zero attached hydrogens (tertiary/aromatic N) is 1. The Balaban J connectivity index is 1.38. The van der Waals surface area contributed by atoms with Crippen LogP contribution >= 0.6 is 0 Å². The van der Waals surface area contributed by atoms with Crippen molar-refractivity contribution in [3.05, 3.63) is 66.2 Å². The molecule has 148 valence electrons. The number of carbonyl (C=O) groups is 1. The summed E-state index contributed by atoms with van der Waals surface area (Å²) in [6.07, 6.45) is 3.88. The number of ether oxygens (including phenoxy) is 2. The minimum absolute atomic E-state index is 0.0788. The maximum Gasteiger partial charge on any atom is 0.228 e. The second kappa shape index (κ2) is 9.24. The van der Waals surface area contributed by atoms with Crippen molar-refractivity contribution in [2.24, 2.45) is 11.8 Å². The van der Waals surface area contributed by atoms with Gasteiger partial charge in [0.1, 0.15) is 5.75 Å². The summed E-state index contributed by atoms with van der Waals surface area (Å²) in [7, 11) is 0. The average molecular weight is 380 g/mol. The van der Waals surface area contributed by atoms with Crippen molar-refractivity contribution < 1.29 is 14.3 Å². The van der Waals surface area contributed by atoms with E-state index in [-0.39, 0.29) is 17.9 Å². The van der Waals surface area contributed by atoms with Crippen LogP contribution in [-0.4, -0.2) is 37.1 Å². The molecule has 2 heterocycles. The minimum Gasteiger partial charge on any atom is -0.493 e. The largest absolute Gasteiger partial charge is 0.493 e. The molecule has 2 saturated heterocycles. The van der Waals surface area contributed by atoms with Crippen molar-refractivity contribution >= 4 is 5.91 Å². The van der Waals surface area contributed by atoms with Gasteiger partial charge in [-0.05, 0) is 43.4 Å². The van der Waals surface area contributed by atoms with E-state index in [1.54, 1.807) is 0 Å². The van der Waals surface area contributed by atoms with Gasteiger partial charge in [0.15, 0.2) is 0 Å². The predicted molar refractivity (Wildman–Crippen MR) is 109 cm³/mol. The minimum atomic E-state index is -0.122. The lowest BCUT2D eigenvalue weighted by Gasteiger charge is -2.38. The first-order valence-electron chi connectivity index (χ1n) is 10.4. The number of piperidine rings is 1. The molecule has 28 heavy (non-hydrogen) atoms. The Bertz CT molecular complexity index is 749. The van der Waals surface area contributed by atoms with Crippen molar-refractivity contribution in [1.82, 2.24) is 4.90 Å². The smallest absolute Gasteiger partial charge is 0.228 e. The van der Waals surface area contributed by atoms with Crippen LogP contribution in [0.4, 0.5) is 0 Å². The molecular weight excluding hydrogens is 350 g/mol. The molecular formula is C24H29NO3. The number of carbonyl (C=O) groups excluding carboxylic acids is 1. The highest BCUT2D eigenvalue weighted by Crippen LogP contribution is 2.35. The van der Waals surface area contributed by atoms with Crippen molar-refractivity contribution in [2.45, 2.75) is 31.8 Å². The third-order valence-electron chi connectivity index (χ3n) is 5.83. The summed E-state index contributed by atoms with van der Waals surface area (Å²) in [6, 6.07) is 20.1. The molecule has 4 rings (SSSR count). The van der Waals surface area contributed by atoms with E-state index in [9.17, 15) is 4.79 Å². The van der Waals surface area contributed by atoms with E-state index in [0.29, 0.717) is 12.5 Å². The Hall–Kier alpha value is -2.33. The van der Waals surface area contributed by atoms with E-state index in [2.05, 4.69) is 17.0 Å². The zero-order valence-corrected chi connectivity index (χ0v) is 16.3. The number of hydrogen-bond acceptors (Lipinski definition) is 3. The van der Waals surface area contributed by atoms with Gasteiger partial charge in [-0.3, -0.25) is 4.79 Å². The number of para-hydroxylation sites is 1. The predicted octanol–water partition coefficient (Wildman–Crippen LogP) is 4.47. The Kier molecular flexibility index (Phi) is 6.27. The summed E-state index contributed by atoms with van der Waals surface area (Å²) in [6.45, 7) is 3.02. The van der Waals surface area contributed by atoms with E-state index >= 15 is 0 Å². The maximum atomic E-state index is 13.4. The van der Waals surface area contributed by atoms with Crippen LogP contribution in [0.3, 0.4) is 0 Å². The molecule has 2 aliphatic heterocycles. The molecule has 3 unspecified atom stereocenters. The third-order valence-corrected chi connectivity index (χ3v) is 5.83. The van der Waals surface area contributed by atoms with E-state index in [0.717, 1.165) is 56.7 Å². The number of hydrogen-bond donors (Lipinski definition) is 0. The third kappa shape index (κ3) is 4.56. The first-order valence-corrected chi connectivity index (χ1v) is 10.4. The Morgan fingerprint density at radius 1 is 1.00 bits per heavy atom. The maximum absolute atomic E-state index is 13.4. The molecule has 0 aromatic heterocycles. The first-order chi connectivity index (χ1) is 13.8. The number of likely N-dealkylation sites (tertiary alicyclic amines) is 1. The highest BCUT2D eigenvalue weighted by Gasteiger charge is 2.37. The van der Waals surface area contributed by atoms with Crippen molar-refractivity contribution in [2.75, 3.05) is 26.3 Å². The molecule has 0 N–H and O–H groups in total. The lowest BCUT2D eigenvalue weighted by Crippen LogP contribution is -2.46. The Morgan fingerprint density at radius 3 is 2.54 bits per heavy atom. The van der Waals surface area contributed by atoms with Crippen LogP contribution in [-0.2, 0) is 9.53 Å². The summed E-state index contributed by atoms with van der Waals surface area (Å²) >= 11 is 0. The van der Waals surface area contributed by atoms with Gasteiger partial charge in [-0.1, -0.05) is 48.5 Å². The fourth-order valence-corrected chi connectivity index (χ4v) is 4.37. The Morgan fingerprint density at radius 2 is 1.75 bits per heavy atom. The highest BCUT2D eigenvalue weighted by atomic mass is 16.5. The summed E-state index contributed by atoms with van der Waals surface area (Å²) in [5.41, 5.74) is 1.11. The van der Waals surface area contributed by atoms with Gasteiger partial charge in [-0.15, -0.1) is 0 Å². The summed E-state index contributed by atoms with van der Waals surface area (Å²) in [5.74, 6) is 1.45. The lowest BCUT2D eigenvalue weighted by atomic mass is 9.87. The molecule has 2 aromatic rings. The zero-order valence-electron chi connectivity index (χ0n) is 16.3. The molecule has 4 heteroatoms. The molecule has 0 saturated carbocycles. The zero-order chi connectivity index (χ0) is 19.2. The van der Waals surface area contributed by atoms with Crippen molar-refractivity contribution in [3.63, 3.8) is 0 Å². The normalized spacial score (nSPS) is 25.3. The van der Waals surface area contributed by atoms with Gasteiger partial charge < -0.3 is 14.4 Å². The standard InChI is InChI=1S/C24H29NO3/c26-24(22-14-8-16-27-23(22)20-10-3-1-4-11-20)25-15-7-9-19(17-25)18-28-21-12-5-2-6-13-21/h1-6,10-13,19,22-23H,7-9,14-18H2. The van der Waals surface area contributed by atoms with Crippen LogP contribution in [0.15, 0.2) is 60.7 Å². The van der Waals surface area contributed by atoms with Crippen LogP contribution < -0.4 is 4.74 Å². The molecule has 0 spiro atoms. The molecule has 1 amide bonds. The quantitative estimate of drug-likeness (QED) is 0.769. The summed E-state index contributed by atoms with van der Waals surface area (Å²) in [4.78, 5) is 15.4. The van der Waals surface area contributed by atoms with Gasteiger partial charge in [0.2, 0.25) is 5.91 Å². The fourth-order valence-electron chi connectivity index (χ4n) is 4.37. The summed E-state index contributed by atoms with van der Waals surface area (Å²) in [5, 5.41) is 0. The van der Waals surface area contributed by atoms with Gasteiger partial charge >= 0.3 is 0 Å². The van der Waals surface area contributed by atoms with E-state index in [1.165, 1.54) is 0 Å². The molecule has 2 aromatic carbocycles. The summed E-state index contributed by atoms with van der Waals surface area (Å²) < 4.78 is 12.0. The number of rotatable bonds is 5. The van der Waals surface area contributed by atoms with Gasteiger partial charge in [-0.2, -0.15) is 0 Å². The Labute approximate surface area is 167 Å². The van der Waals surface area contributed by atoms with Crippen molar-refractivity contribution in [1.29, 1.82) is 0 Å². The van der Waals surface area contributed by atoms with E-state index in [4.69, 9.17) is 9.47 Å². The van der Waals surface area contributed by atoms with Gasteiger partial charge in [-0.25, -0.2) is 0 Å². The van der Waals surface area contributed by atoms with E-state index < -0.39 is 0 Å². The molecule has 2 aliphatic rings. The van der Waals surface area contributed by atoms with Crippen LogP contribution in [0.2, 0.25) is 0 Å². The monoisotopic (exact) mass is 379 g/mol. The lowest BCUT2D eigenvalue weighted by molar-refractivity contribution is -0.147. The number of amides is 1. The van der Waals surface area contributed by atoms with Crippen LogP contribution in [0.5, 0.6) is 5.75 Å². The fraction of sp³-hybridized carbons (Fsp3) is 0.458. The molecule has 0 radical (unpaired) electrons. The highest BCUT2D eigenvalue weighted by molar-refractivity contribution is 5.80. The molecule has 0 aliphatic carbocycles. The molecule has 3 atom stereocenters. The topological polar surface area (TPSA) is 38.8 Å². The van der Waals surface area contributed by atoms with E-state index in [1.807, 2.05) is 48.5 Å².